The third-order valence-electron chi connectivity index (χ3n) is 12.7. The van der Waals surface area contributed by atoms with E-state index in [1.807, 2.05) is 26.8 Å². The zero-order chi connectivity index (χ0) is 41.6. The molecule has 1 unspecified atom stereocenters. The Morgan fingerprint density at radius 2 is 1.91 bits per heavy atom. The maximum absolute atomic E-state index is 13.5. The average molecular weight is 810 g/mol. The quantitative estimate of drug-likeness (QED) is 0.119. The summed E-state index contributed by atoms with van der Waals surface area (Å²) in [4.78, 5) is 47.0. The second kappa shape index (κ2) is 16.1. The molecule has 7 N–H and O–H groups in total. The summed E-state index contributed by atoms with van der Waals surface area (Å²) in [6, 6.07) is 2.96. The van der Waals surface area contributed by atoms with Crippen molar-refractivity contribution < 1.29 is 37.4 Å². The van der Waals surface area contributed by atoms with Crippen LogP contribution < -0.4 is 31.0 Å². The molecule has 57 heavy (non-hydrogen) atoms. The van der Waals surface area contributed by atoms with E-state index in [0.717, 1.165) is 53.8 Å². The largest absolute Gasteiger partial charge is 0.504 e. The number of rotatable bonds is 12. The van der Waals surface area contributed by atoms with Gasteiger partial charge in [0.1, 0.15) is 17.1 Å². The summed E-state index contributed by atoms with van der Waals surface area (Å²) < 4.78 is 41.2. The summed E-state index contributed by atoms with van der Waals surface area (Å²) >= 11 is 0. The van der Waals surface area contributed by atoms with Crippen LogP contribution in [0.5, 0.6) is 17.2 Å². The molecule has 2 fully saturated rings. The number of Topliss-reactive ketones (excluding diaryl/α,β-unsaturated/α-hetero) is 1. The van der Waals surface area contributed by atoms with Crippen LogP contribution in [0, 0.1) is 26.7 Å². The summed E-state index contributed by atoms with van der Waals surface area (Å²) in [5.74, 6) is 0.495. The number of guanidine groups is 1. The number of aliphatic imine (C=N–C) groups is 1. The van der Waals surface area contributed by atoms with E-state index in [4.69, 9.17) is 20.9 Å². The fourth-order valence-corrected chi connectivity index (χ4v) is 11.2. The van der Waals surface area contributed by atoms with E-state index < -0.39 is 39.1 Å². The summed E-state index contributed by atoms with van der Waals surface area (Å²) in [6.07, 6.45) is 3.79. The minimum atomic E-state index is -4.04. The van der Waals surface area contributed by atoms with Gasteiger partial charge in [-0.25, -0.2) is 17.9 Å². The number of nitrogens with zero attached hydrogens (tertiary/aromatic N) is 3. The monoisotopic (exact) mass is 809 g/mol. The van der Waals surface area contributed by atoms with E-state index in [9.17, 15) is 27.9 Å². The highest BCUT2D eigenvalue weighted by Gasteiger charge is 2.56. The van der Waals surface area contributed by atoms with Crippen LogP contribution in [0.2, 0.25) is 0 Å². The van der Waals surface area contributed by atoms with E-state index in [0.29, 0.717) is 49.4 Å². The lowest BCUT2D eigenvalue weighted by Crippen LogP contribution is -2.60. The van der Waals surface area contributed by atoms with Crippen LogP contribution in [0.1, 0.15) is 92.7 Å². The molecule has 2 aliphatic heterocycles. The lowest BCUT2D eigenvalue weighted by Gasteiger charge is -2.58. The molecular weight excluding hydrogens is 751 g/mol. The van der Waals surface area contributed by atoms with Crippen LogP contribution in [0.25, 0.3) is 0 Å². The molecule has 4 atom stereocenters. The van der Waals surface area contributed by atoms with E-state index in [1.54, 1.807) is 26.8 Å². The van der Waals surface area contributed by atoms with Gasteiger partial charge in [-0.15, -0.1) is 0 Å². The van der Waals surface area contributed by atoms with E-state index in [-0.39, 0.29) is 60.1 Å². The fraction of sp³-hybridized carbons (Fsp3) is 0.610. The lowest BCUT2D eigenvalue weighted by molar-refractivity contribution is -0.127. The third kappa shape index (κ3) is 8.17. The van der Waals surface area contributed by atoms with Gasteiger partial charge >= 0.3 is 6.09 Å². The Morgan fingerprint density at radius 1 is 1.18 bits per heavy atom. The van der Waals surface area contributed by atoms with Gasteiger partial charge in [-0.1, -0.05) is 6.07 Å². The van der Waals surface area contributed by atoms with Gasteiger partial charge in [0, 0.05) is 68.0 Å². The molecule has 0 radical (unpaired) electrons. The number of phenols is 1. The number of fused-ring (bicyclic) bond motifs is 2. The van der Waals surface area contributed by atoms with Gasteiger partial charge in [0.15, 0.2) is 11.5 Å². The molecule has 2 bridgehead atoms. The molecule has 0 aromatic heterocycles. The van der Waals surface area contributed by atoms with Gasteiger partial charge in [0.2, 0.25) is 11.9 Å². The van der Waals surface area contributed by atoms with Crippen molar-refractivity contribution in [3.05, 3.63) is 45.5 Å². The van der Waals surface area contributed by atoms with Crippen molar-refractivity contribution >= 4 is 33.8 Å². The van der Waals surface area contributed by atoms with Crippen molar-refractivity contribution in [3.8, 4) is 17.2 Å². The molecule has 0 spiro atoms. The van der Waals surface area contributed by atoms with Crippen molar-refractivity contribution in [3.63, 3.8) is 0 Å². The summed E-state index contributed by atoms with van der Waals surface area (Å²) in [7, 11) is -1.92. The molecule has 4 aliphatic rings. The number of carbonyl (C=O) groups excluding carboxylic acids is 3. The van der Waals surface area contributed by atoms with Gasteiger partial charge in [-0.3, -0.25) is 14.6 Å². The maximum atomic E-state index is 13.5. The van der Waals surface area contributed by atoms with Crippen molar-refractivity contribution in [2.24, 2.45) is 22.4 Å². The van der Waals surface area contributed by atoms with Gasteiger partial charge in [-0.05, 0) is 121 Å². The predicted octanol–water partition coefficient (Wildman–Crippen LogP) is 3.24. The van der Waals surface area contributed by atoms with Crippen molar-refractivity contribution in [2.45, 2.75) is 121 Å². The molecule has 2 amide bonds. The van der Waals surface area contributed by atoms with Gasteiger partial charge in [0.25, 0.3) is 10.0 Å². The van der Waals surface area contributed by atoms with Crippen molar-refractivity contribution in [1.29, 1.82) is 0 Å². The highest BCUT2D eigenvalue weighted by molar-refractivity contribution is 7.90. The number of piperidine rings is 1. The molecule has 2 aromatic rings. The zero-order valence-electron chi connectivity index (χ0n) is 34.3. The Bertz CT molecular complexity index is 2090. The molecule has 2 heterocycles. The van der Waals surface area contributed by atoms with Crippen LogP contribution in [-0.2, 0) is 37.9 Å². The SMILES string of the molecule is CCN(CCNC(=O)[C@@H](N)CCCN=C(N)NS(=O)(=O)c1c(C)c(C)c2c(c1C)CC(C)(C)O2)C(=O)Oc1ccc2c(c1O)[C@]13CCN(C)[C@H](C2)C1CCC(=O)C3. The minimum Gasteiger partial charge on any atom is -0.504 e. The number of sulfonamides is 1. The van der Waals surface area contributed by atoms with Crippen LogP contribution in [0.4, 0.5) is 4.79 Å². The molecule has 2 aliphatic carbocycles. The van der Waals surface area contributed by atoms with Crippen LogP contribution in [0.15, 0.2) is 22.0 Å². The van der Waals surface area contributed by atoms with Crippen molar-refractivity contribution in [2.75, 3.05) is 39.8 Å². The summed E-state index contributed by atoms with van der Waals surface area (Å²) in [5, 5.41) is 14.3. The number of ketones is 1. The number of nitrogens with one attached hydrogen (secondary N) is 2. The second-order valence-electron chi connectivity index (χ2n) is 16.9. The average Bonchev–Trinajstić information content (AvgIpc) is 3.48. The van der Waals surface area contributed by atoms with E-state index >= 15 is 0 Å². The number of benzene rings is 2. The standard InChI is InChI=1S/C41H59N7O8S/c1-8-48(39(52)55-32-14-11-26-20-31-29-13-12-27(49)21-41(29,15-18-47(31)7)33(26)34(32)50)19-17-44-37(51)30(42)10-9-16-45-38(43)46-57(53,54)36-24(3)23(2)35-28(25(36)4)22-40(5,6)56-35/h11,14,29-31,50H,8-10,12-13,15-22,42H2,1-7H3,(H,44,51)(H3,43,45,46)/t29?,30-,31+,41-/m0/s1. The van der Waals surface area contributed by atoms with Crippen LogP contribution in [0.3, 0.4) is 0 Å². The number of nitrogens with two attached hydrogens (primary N) is 2. The highest BCUT2D eigenvalue weighted by Crippen LogP contribution is 2.58. The lowest BCUT2D eigenvalue weighted by atomic mass is 9.52. The number of ether oxygens (including phenoxy) is 2. The van der Waals surface area contributed by atoms with Gasteiger partial charge < -0.3 is 41.2 Å². The molecule has 2 aromatic carbocycles. The fourth-order valence-electron chi connectivity index (χ4n) is 9.68. The second-order valence-corrected chi connectivity index (χ2v) is 18.5. The molecule has 15 nitrogen and oxygen atoms in total. The molecular formula is C41H59N7O8S. The number of likely N-dealkylation sites (N-methyl/N-ethyl adjacent to an activating group) is 2. The summed E-state index contributed by atoms with van der Waals surface area (Å²) in [6.45, 7) is 12.6. The number of carbonyl (C=O) groups is 3. The third-order valence-corrected chi connectivity index (χ3v) is 14.3. The topological polar surface area (TPSA) is 219 Å². The number of amides is 2. The van der Waals surface area contributed by atoms with Gasteiger partial charge in [-0.2, -0.15) is 0 Å². The minimum absolute atomic E-state index is 0.0608. The zero-order valence-corrected chi connectivity index (χ0v) is 35.1. The summed E-state index contributed by atoms with van der Waals surface area (Å²) in [5.41, 5.74) is 15.8. The molecule has 1 saturated heterocycles. The first-order chi connectivity index (χ1) is 26.8. The first kappa shape index (κ1) is 42.2. The Labute approximate surface area is 336 Å². The first-order valence-electron chi connectivity index (χ1n) is 20.0. The normalized spacial score (nSPS) is 23.1. The van der Waals surface area contributed by atoms with Crippen LogP contribution >= 0.6 is 0 Å². The molecule has 6 rings (SSSR count). The Kier molecular flexibility index (Phi) is 11.9. The van der Waals surface area contributed by atoms with E-state index in [1.165, 1.54) is 4.90 Å². The number of aromatic hydroxyl groups is 1. The first-order valence-corrected chi connectivity index (χ1v) is 21.5. The predicted molar refractivity (Wildman–Crippen MR) is 216 cm³/mol. The smallest absolute Gasteiger partial charge is 0.415 e. The molecule has 16 heteroatoms. The number of hydrogen-bond acceptors (Lipinski definition) is 11. The van der Waals surface area contributed by atoms with Crippen molar-refractivity contribution in [1.82, 2.24) is 19.8 Å². The number of likely N-dealkylation sites (tertiary alicyclic amines) is 1. The molecule has 312 valence electrons. The van der Waals surface area contributed by atoms with Crippen LogP contribution in [-0.4, -0.2) is 105 Å². The Hall–Kier alpha value is -4.41. The van der Waals surface area contributed by atoms with E-state index in [2.05, 4.69) is 27.0 Å². The number of phenolic OH excluding ortho intramolecular Hbond substituents is 1. The highest BCUT2D eigenvalue weighted by atomic mass is 32.2. The Morgan fingerprint density at radius 3 is 2.63 bits per heavy atom. The number of hydrogen-bond donors (Lipinski definition) is 5. The Balaban J connectivity index is 0.981. The molecule has 1 saturated carbocycles. The maximum Gasteiger partial charge on any atom is 0.415 e. The van der Waals surface area contributed by atoms with Gasteiger partial charge in [0.05, 0.1) is 10.9 Å².